The van der Waals surface area contributed by atoms with E-state index in [-0.39, 0.29) is 11.9 Å². The van der Waals surface area contributed by atoms with E-state index >= 15 is 0 Å². The molecule has 3 aliphatic rings. The predicted molar refractivity (Wildman–Crippen MR) is 125 cm³/mol. The van der Waals surface area contributed by atoms with Gasteiger partial charge >= 0.3 is 0 Å². The number of aryl methyl sites for hydroxylation is 1. The van der Waals surface area contributed by atoms with E-state index < -0.39 is 16.6 Å². The Labute approximate surface area is 191 Å². The highest BCUT2D eigenvalue weighted by molar-refractivity contribution is 6.06. The van der Waals surface area contributed by atoms with Gasteiger partial charge in [0.15, 0.2) is 0 Å². The first-order chi connectivity index (χ1) is 15.7. The van der Waals surface area contributed by atoms with Crippen molar-refractivity contribution in [2.45, 2.75) is 25.0 Å². The number of ether oxygens (including phenoxy) is 3. The molecule has 2 spiro atoms. The zero-order chi connectivity index (χ0) is 23.0. The van der Waals surface area contributed by atoms with Gasteiger partial charge in [0.25, 0.3) is 11.9 Å². The molecule has 33 heavy (non-hydrogen) atoms. The van der Waals surface area contributed by atoms with Crippen LogP contribution in [0.2, 0.25) is 0 Å². The minimum atomic E-state index is -0.740. The van der Waals surface area contributed by atoms with Gasteiger partial charge in [-0.3, -0.25) is 4.79 Å². The number of aliphatic imine (C=N–C) groups is 1. The van der Waals surface area contributed by atoms with Crippen molar-refractivity contribution in [2.75, 3.05) is 25.1 Å². The molecular formula is C25H26N4O4. The SMILES string of the molecule is Cn1ccc2cc(C(=O)Nc3ccc4c(c3)C3(COC(N)=N3)C3(COC3)C(C)(C)O4)ccc21. The molecule has 0 saturated carbocycles. The number of amides is 1. The summed E-state index contributed by atoms with van der Waals surface area (Å²) in [5, 5.41) is 4.05. The van der Waals surface area contributed by atoms with Gasteiger partial charge in [-0.15, -0.1) is 0 Å². The van der Waals surface area contributed by atoms with Crippen LogP contribution in [-0.2, 0) is 22.1 Å². The molecule has 1 aromatic heterocycles. The zero-order valence-corrected chi connectivity index (χ0v) is 18.8. The van der Waals surface area contributed by atoms with Crippen molar-refractivity contribution in [2.24, 2.45) is 23.2 Å². The average Bonchev–Trinajstić information content (AvgIpc) is 3.30. The van der Waals surface area contributed by atoms with Gasteiger partial charge in [-0.1, -0.05) is 0 Å². The maximum atomic E-state index is 13.1. The van der Waals surface area contributed by atoms with Gasteiger partial charge in [0.05, 0.1) is 18.6 Å². The fourth-order valence-corrected chi connectivity index (χ4v) is 5.48. The number of hydrogen-bond donors (Lipinski definition) is 2. The number of nitrogens with one attached hydrogen (secondary N) is 1. The fourth-order valence-electron chi connectivity index (χ4n) is 5.48. The van der Waals surface area contributed by atoms with Crippen LogP contribution in [0.1, 0.15) is 29.8 Å². The number of carbonyl (C=O) groups excluding carboxylic acids is 1. The van der Waals surface area contributed by atoms with Crippen molar-refractivity contribution < 1.29 is 19.0 Å². The highest BCUT2D eigenvalue weighted by atomic mass is 16.5. The second-order valence-corrected chi connectivity index (χ2v) is 9.65. The number of fused-ring (bicyclic) bond motifs is 4. The summed E-state index contributed by atoms with van der Waals surface area (Å²) < 4.78 is 19.8. The number of amidine groups is 1. The Kier molecular flexibility index (Phi) is 3.97. The lowest BCUT2D eigenvalue weighted by Gasteiger charge is -2.61. The Morgan fingerprint density at radius 1 is 1.12 bits per heavy atom. The van der Waals surface area contributed by atoms with Crippen LogP contribution in [0.25, 0.3) is 10.9 Å². The smallest absolute Gasteiger partial charge is 0.283 e. The second-order valence-electron chi connectivity index (χ2n) is 9.65. The Hall–Kier alpha value is -3.52. The van der Waals surface area contributed by atoms with E-state index in [1.807, 2.05) is 60.3 Å². The third-order valence-corrected chi connectivity index (χ3v) is 7.57. The number of hydrogen-bond acceptors (Lipinski definition) is 6. The monoisotopic (exact) mass is 446 g/mol. The summed E-state index contributed by atoms with van der Waals surface area (Å²) in [5.41, 5.74) is 7.48. The van der Waals surface area contributed by atoms with Gasteiger partial charge in [0.1, 0.15) is 23.5 Å². The predicted octanol–water partition coefficient (Wildman–Crippen LogP) is 3.16. The molecule has 8 heteroatoms. The van der Waals surface area contributed by atoms with Crippen molar-refractivity contribution in [1.82, 2.24) is 4.57 Å². The van der Waals surface area contributed by atoms with Gasteiger partial charge in [-0.2, -0.15) is 0 Å². The number of benzene rings is 2. The third kappa shape index (κ3) is 2.61. The molecule has 3 aliphatic heterocycles. The first kappa shape index (κ1) is 20.1. The van der Waals surface area contributed by atoms with Gasteiger partial charge in [0.2, 0.25) is 0 Å². The Bertz CT molecular complexity index is 1340. The van der Waals surface area contributed by atoms with Crippen LogP contribution in [0.5, 0.6) is 5.75 Å². The summed E-state index contributed by atoms with van der Waals surface area (Å²) in [7, 11) is 1.98. The fraction of sp³-hybridized carbons (Fsp3) is 0.360. The average molecular weight is 447 g/mol. The lowest BCUT2D eigenvalue weighted by molar-refractivity contribution is -0.247. The van der Waals surface area contributed by atoms with Crippen molar-refractivity contribution >= 4 is 28.5 Å². The molecule has 6 rings (SSSR count). The molecule has 0 bridgehead atoms. The Morgan fingerprint density at radius 3 is 2.64 bits per heavy atom. The maximum Gasteiger partial charge on any atom is 0.283 e. The molecular weight excluding hydrogens is 420 g/mol. The van der Waals surface area contributed by atoms with E-state index in [0.717, 1.165) is 16.5 Å². The number of aromatic nitrogens is 1. The molecule has 0 radical (unpaired) electrons. The Balaban J connectivity index is 1.39. The van der Waals surface area contributed by atoms with E-state index in [1.54, 1.807) is 0 Å². The van der Waals surface area contributed by atoms with E-state index in [1.165, 1.54) is 0 Å². The van der Waals surface area contributed by atoms with Crippen LogP contribution in [0.15, 0.2) is 53.7 Å². The van der Waals surface area contributed by atoms with Crippen molar-refractivity contribution in [3.8, 4) is 5.75 Å². The summed E-state index contributed by atoms with van der Waals surface area (Å²) in [4.78, 5) is 17.9. The van der Waals surface area contributed by atoms with Crippen LogP contribution in [0.4, 0.5) is 5.69 Å². The normalized spacial score (nSPS) is 24.0. The van der Waals surface area contributed by atoms with Crippen molar-refractivity contribution in [3.05, 3.63) is 59.8 Å². The molecule has 170 valence electrons. The molecule has 0 aliphatic carbocycles. The molecule has 2 aromatic carbocycles. The van der Waals surface area contributed by atoms with Crippen LogP contribution in [-0.4, -0.2) is 41.9 Å². The molecule has 1 unspecified atom stereocenters. The van der Waals surface area contributed by atoms with Crippen molar-refractivity contribution in [1.29, 1.82) is 0 Å². The number of rotatable bonds is 2. The molecule has 3 aromatic rings. The summed E-state index contributed by atoms with van der Waals surface area (Å²) in [5.74, 6) is 0.530. The molecule has 3 N–H and O–H groups in total. The van der Waals surface area contributed by atoms with E-state index in [2.05, 4.69) is 19.2 Å². The summed E-state index contributed by atoms with van der Waals surface area (Å²) >= 11 is 0. The highest BCUT2D eigenvalue weighted by Gasteiger charge is 2.71. The minimum absolute atomic E-state index is 0.163. The molecule has 8 nitrogen and oxygen atoms in total. The second kappa shape index (κ2) is 6.51. The number of carbonyl (C=O) groups is 1. The standard InChI is InChI=1S/C25H26N4O4/c1-23(2)24(12-31-13-24)25(14-32-22(26)28-25)18-11-17(5-7-20(18)33-23)27-21(30)16-4-6-19-15(10-16)8-9-29(19)3/h4-11H,12-14H2,1-3H3,(H2,26,28)(H,27,30). The Morgan fingerprint density at radius 2 is 1.94 bits per heavy atom. The van der Waals surface area contributed by atoms with Crippen molar-refractivity contribution in [3.63, 3.8) is 0 Å². The summed E-state index contributed by atoms with van der Waals surface area (Å²) in [6.45, 7) is 5.41. The number of nitrogens with two attached hydrogens (primary N) is 1. The maximum absolute atomic E-state index is 13.1. The topological polar surface area (TPSA) is 100 Å². The molecule has 1 saturated heterocycles. The zero-order valence-electron chi connectivity index (χ0n) is 18.8. The summed E-state index contributed by atoms with van der Waals surface area (Å²) in [6.07, 6.45) is 1.98. The minimum Gasteiger partial charge on any atom is -0.487 e. The quantitative estimate of drug-likeness (QED) is 0.630. The first-order valence-electron chi connectivity index (χ1n) is 11.0. The van der Waals surface area contributed by atoms with Gasteiger partial charge in [0, 0.05) is 41.0 Å². The lowest BCUT2D eigenvalue weighted by atomic mass is 9.55. The van der Waals surface area contributed by atoms with Crippen LogP contribution in [0.3, 0.4) is 0 Å². The molecule has 1 fully saturated rings. The van der Waals surface area contributed by atoms with Crippen LogP contribution < -0.4 is 15.8 Å². The lowest BCUT2D eigenvalue weighted by Crippen LogP contribution is -2.71. The van der Waals surface area contributed by atoms with E-state index in [9.17, 15) is 4.79 Å². The third-order valence-electron chi connectivity index (χ3n) is 7.57. The number of nitrogens with zero attached hydrogens (tertiary/aromatic N) is 2. The van der Waals surface area contributed by atoms with Gasteiger partial charge < -0.3 is 29.8 Å². The van der Waals surface area contributed by atoms with Crippen LogP contribution in [0, 0.1) is 5.41 Å². The van der Waals surface area contributed by atoms with Gasteiger partial charge in [-0.05, 0) is 56.3 Å². The first-order valence-corrected chi connectivity index (χ1v) is 11.0. The molecule has 1 amide bonds. The van der Waals surface area contributed by atoms with E-state index in [4.69, 9.17) is 24.9 Å². The number of anilines is 1. The van der Waals surface area contributed by atoms with Crippen LogP contribution >= 0.6 is 0 Å². The van der Waals surface area contributed by atoms with Gasteiger partial charge in [-0.25, -0.2) is 4.99 Å². The van der Waals surface area contributed by atoms with E-state index in [0.29, 0.717) is 36.8 Å². The molecule has 1 atom stereocenters. The summed E-state index contributed by atoms with van der Waals surface area (Å²) in [6, 6.07) is 13.5. The largest absolute Gasteiger partial charge is 0.487 e. The molecule has 4 heterocycles. The highest BCUT2D eigenvalue weighted by Crippen LogP contribution is 2.62.